The summed E-state index contributed by atoms with van der Waals surface area (Å²) in [4.78, 5) is 24.7. The van der Waals surface area contributed by atoms with Crippen LogP contribution in [-0.4, -0.2) is 39.7 Å². The van der Waals surface area contributed by atoms with E-state index in [0.717, 1.165) is 10.0 Å². The summed E-state index contributed by atoms with van der Waals surface area (Å²) in [5.74, 6) is -0.746. The number of halogens is 1. The minimum Gasteiger partial charge on any atom is -0.469 e. The molecular formula is C20H21BrN2O5S. The lowest BCUT2D eigenvalue weighted by molar-refractivity contribution is -0.141. The van der Waals surface area contributed by atoms with Crippen LogP contribution in [0.3, 0.4) is 0 Å². The fourth-order valence-corrected chi connectivity index (χ4v) is 4.99. The van der Waals surface area contributed by atoms with Crippen LogP contribution >= 0.6 is 15.9 Å². The molecule has 9 heteroatoms. The predicted molar refractivity (Wildman–Crippen MR) is 113 cm³/mol. The highest BCUT2D eigenvalue weighted by atomic mass is 79.9. The highest BCUT2D eigenvalue weighted by Gasteiger charge is 2.29. The number of methoxy groups -OCH3 is 1. The molecule has 154 valence electrons. The molecule has 3 rings (SSSR count). The second-order valence-corrected chi connectivity index (χ2v) is 9.58. The van der Waals surface area contributed by atoms with E-state index in [1.165, 1.54) is 11.4 Å². The molecule has 7 nitrogen and oxygen atoms in total. The van der Waals surface area contributed by atoms with E-state index in [9.17, 15) is 18.0 Å². The number of hydrogen-bond donors (Lipinski definition) is 1. The van der Waals surface area contributed by atoms with Gasteiger partial charge < -0.3 is 10.1 Å². The third kappa shape index (κ3) is 5.16. The summed E-state index contributed by atoms with van der Waals surface area (Å²) in [5.41, 5.74) is 1.53. The van der Waals surface area contributed by atoms with Crippen LogP contribution < -0.4 is 9.62 Å². The Balaban J connectivity index is 1.83. The molecule has 29 heavy (non-hydrogen) atoms. The molecule has 1 N–H and O–H groups in total. The summed E-state index contributed by atoms with van der Waals surface area (Å²) >= 11 is 3.36. The van der Waals surface area contributed by atoms with E-state index in [1.54, 1.807) is 24.3 Å². The average molecular weight is 481 g/mol. The van der Waals surface area contributed by atoms with Crippen molar-refractivity contribution >= 4 is 43.5 Å². The maximum absolute atomic E-state index is 12.9. The molecule has 1 saturated heterocycles. The van der Waals surface area contributed by atoms with E-state index >= 15 is 0 Å². The Morgan fingerprint density at radius 2 is 1.93 bits per heavy atom. The van der Waals surface area contributed by atoms with E-state index in [0.29, 0.717) is 24.2 Å². The number of carbonyl (C=O) groups excluding carboxylic acids is 2. The number of carbonyl (C=O) groups is 2. The zero-order valence-electron chi connectivity index (χ0n) is 15.8. The molecule has 1 fully saturated rings. The van der Waals surface area contributed by atoms with Crippen molar-refractivity contribution in [2.24, 2.45) is 0 Å². The summed E-state index contributed by atoms with van der Waals surface area (Å²) in [6.45, 7) is 0.400. The van der Waals surface area contributed by atoms with Gasteiger partial charge in [0.2, 0.25) is 10.0 Å². The lowest BCUT2D eigenvalue weighted by atomic mass is 10.0. The van der Waals surface area contributed by atoms with E-state index < -0.39 is 27.9 Å². The van der Waals surface area contributed by atoms with Crippen LogP contribution in [0.25, 0.3) is 0 Å². The number of hydrogen-bond acceptors (Lipinski definition) is 5. The molecule has 0 saturated carbocycles. The molecule has 0 radical (unpaired) electrons. The SMILES string of the molecule is COC(=O)C[C@@H](NC(=O)c1cccc(N2CCCS2(=O)=O)c1)c1ccc(Br)cc1. The summed E-state index contributed by atoms with van der Waals surface area (Å²) < 4.78 is 31.3. The van der Waals surface area contributed by atoms with Gasteiger partial charge in [-0.05, 0) is 42.3 Å². The molecule has 0 aromatic heterocycles. The highest BCUT2D eigenvalue weighted by Crippen LogP contribution is 2.26. The van der Waals surface area contributed by atoms with Crippen molar-refractivity contribution in [3.05, 3.63) is 64.1 Å². The Labute approximate surface area is 178 Å². The Bertz CT molecular complexity index is 1010. The summed E-state index contributed by atoms with van der Waals surface area (Å²) in [6, 6.07) is 13.2. The van der Waals surface area contributed by atoms with Gasteiger partial charge in [-0.3, -0.25) is 13.9 Å². The Morgan fingerprint density at radius 3 is 2.55 bits per heavy atom. The lowest BCUT2D eigenvalue weighted by Crippen LogP contribution is -2.31. The molecule has 1 heterocycles. The quantitative estimate of drug-likeness (QED) is 0.641. The first-order valence-electron chi connectivity index (χ1n) is 9.04. The van der Waals surface area contributed by atoms with Crippen molar-refractivity contribution < 1.29 is 22.7 Å². The third-order valence-corrected chi connectivity index (χ3v) is 7.07. The molecule has 2 aromatic carbocycles. The van der Waals surface area contributed by atoms with Gasteiger partial charge >= 0.3 is 5.97 Å². The van der Waals surface area contributed by atoms with Crippen LogP contribution in [0.2, 0.25) is 0 Å². The second-order valence-electron chi connectivity index (χ2n) is 6.65. The first kappa shape index (κ1) is 21.3. The van der Waals surface area contributed by atoms with E-state index in [2.05, 4.69) is 21.2 Å². The standard InChI is InChI=1S/C20H21BrN2O5S/c1-28-19(24)13-18(14-6-8-16(21)9-7-14)22-20(25)15-4-2-5-17(12-15)23-10-3-11-29(23,26)27/h2,4-9,12,18H,3,10-11,13H2,1H3,(H,22,25)/t18-/m1/s1. The van der Waals surface area contributed by atoms with Gasteiger partial charge in [0.15, 0.2) is 0 Å². The molecule has 2 aromatic rings. The van der Waals surface area contributed by atoms with E-state index in [4.69, 9.17) is 4.74 Å². The van der Waals surface area contributed by atoms with Gasteiger partial charge in [-0.1, -0.05) is 34.1 Å². The smallest absolute Gasteiger partial charge is 0.307 e. The Kier molecular flexibility index (Phi) is 6.59. The molecule has 1 amide bonds. The number of anilines is 1. The largest absolute Gasteiger partial charge is 0.469 e. The predicted octanol–water partition coefficient (Wildman–Crippen LogP) is 3.02. The van der Waals surface area contributed by atoms with Crippen molar-refractivity contribution in [1.29, 1.82) is 0 Å². The summed E-state index contributed by atoms with van der Waals surface area (Å²) in [5, 5.41) is 2.85. The highest BCUT2D eigenvalue weighted by molar-refractivity contribution is 9.10. The monoisotopic (exact) mass is 480 g/mol. The maximum atomic E-state index is 12.9. The number of sulfonamides is 1. The molecule has 1 aliphatic rings. The van der Waals surface area contributed by atoms with Gasteiger partial charge in [-0.25, -0.2) is 8.42 Å². The minimum atomic E-state index is -3.34. The zero-order chi connectivity index (χ0) is 21.0. The summed E-state index contributed by atoms with van der Waals surface area (Å²) in [6.07, 6.45) is 0.535. The first-order valence-corrected chi connectivity index (χ1v) is 11.4. The van der Waals surface area contributed by atoms with Crippen LogP contribution in [0.1, 0.15) is 34.8 Å². The minimum absolute atomic E-state index is 0.0237. The fraction of sp³-hybridized carbons (Fsp3) is 0.300. The van der Waals surface area contributed by atoms with Gasteiger partial charge in [-0.15, -0.1) is 0 Å². The van der Waals surface area contributed by atoms with Crippen LogP contribution in [0, 0.1) is 0 Å². The van der Waals surface area contributed by atoms with Crippen LogP contribution in [-0.2, 0) is 19.6 Å². The van der Waals surface area contributed by atoms with Crippen molar-refractivity contribution in [3.63, 3.8) is 0 Å². The fourth-order valence-electron chi connectivity index (χ4n) is 3.17. The molecule has 0 unspecified atom stereocenters. The number of nitrogens with one attached hydrogen (secondary N) is 1. The molecule has 0 spiro atoms. The van der Waals surface area contributed by atoms with Crippen molar-refractivity contribution in [3.8, 4) is 0 Å². The van der Waals surface area contributed by atoms with Gasteiger partial charge in [0, 0.05) is 16.6 Å². The number of rotatable bonds is 6. The van der Waals surface area contributed by atoms with Crippen molar-refractivity contribution in [1.82, 2.24) is 5.32 Å². The van der Waals surface area contributed by atoms with E-state index in [-0.39, 0.29) is 12.2 Å². The Morgan fingerprint density at radius 1 is 1.21 bits per heavy atom. The normalized spacial score (nSPS) is 16.3. The Hall–Kier alpha value is -2.39. The molecular weight excluding hydrogens is 460 g/mol. The maximum Gasteiger partial charge on any atom is 0.307 e. The van der Waals surface area contributed by atoms with Crippen molar-refractivity contribution in [2.75, 3.05) is 23.7 Å². The number of esters is 1. The van der Waals surface area contributed by atoms with Crippen LogP contribution in [0.4, 0.5) is 5.69 Å². The van der Waals surface area contributed by atoms with E-state index in [1.807, 2.05) is 24.3 Å². The van der Waals surface area contributed by atoms with Crippen LogP contribution in [0.5, 0.6) is 0 Å². The second kappa shape index (κ2) is 8.96. The number of amides is 1. The number of ether oxygens (including phenoxy) is 1. The number of benzene rings is 2. The molecule has 1 atom stereocenters. The first-order chi connectivity index (χ1) is 13.8. The van der Waals surface area contributed by atoms with Crippen molar-refractivity contribution in [2.45, 2.75) is 18.9 Å². The topological polar surface area (TPSA) is 92.8 Å². The number of nitrogens with zero attached hydrogens (tertiary/aromatic N) is 1. The summed E-state index contributed by atoms with van der Waals surface area (Å²) in [7, 11) is -2.04. The zero-order valence-corrected chi connectivity index (χ0v) is 18.2. The average Bonchev–Trinajstić information content (AvgIpc) is 3.07. The van der Waals surface area contributed by atoms with Gasteiger partial charge in [0.05, 0.1) is 31.0 Å². The van der Waals surface area contributed by atoms with Gasteiger partial charge in [-0.2, -0.15) is 0 Å². The van der Waals surface area contributed by atoms with Crippen LogP contribution in [0.15, 0.2) is 53.0 Å². The van der Waals surface area contributed by atoms with Gasteiger partial charge in [0.1, 0.15) is 0 Å². The van der Waals surface area contributed by atoms with Gasteiger partial charge in [0.25, 0.3) is 5.91 Å². The lowest BCUT2D eigenvalue weighted by Gasteiger charge is -2.20. The third-order valence-electron chi connectivity index (χ3n) is 4.67. The molecule has 0 aliphatic carbocycles. The molecule has 0 bridgehead atoms. The molecule has 1 aliphatic heterocycles.